The zero-order valence-electron chi connectivity index (χ0n) is 7.75. The summed E-state index contributed by atoms with van der Waals surface area (Å²) in [5.41, 5.74) is 8.93. The highest BCUT2D eigenvalue weighted by Crippen LogP contribution is 2.21. The molecule has 0 saturated carbocycles. The van der Waals surface area contributed by atoms with Gasteiger partial charge in [0.15, 0.2) is 0 Å². The van der Waals surface area contributed by atoms with Crippen LogP contribution in [-0.2, 0) is 0 Å². The summed E-state index contributed by atoms with van der Waals surface area (Å²) in [6.45, 7) is 3.71. The third-order valence-corrected chi connectivity index (χ3v) is 2.22. The molecule has 0 saturated heterocycles. The summed E-state index contributed by atoms with van der Waals surface area (Å²) in [6, 6.07) is 7.58. The van der Waals surface area contributed by atoms with Crippen LogP contribution in [0.25, 0.3) is 16.5 Å². The Morgan fingerprint density at radius 1 is 1.43 bits per heavy atom. The molecule has 2 rings (SSSR count). The van der Waals surface area contributed by atoms with Crippen LogP contribution in [0.5, 0.6) is 0 Å². The molecule has 0 aliphatic rings. The molecule has 3 heteroatoms. The highest BCUT2D eigenvalue weighted by atomic mass is 16.3. The van der Waals surface area contributed by atoms with E-state index in [9.17, 15) is 0 Å². The summed E-state index contributed by atoms with van der Waals surface area (Å²) in [5.74, 6) is 0. The number of rotatable bonds is 2. The Morgan fingerprint density at radius 2 is 2.21 bits per heavy atom. The zero-order chi connectivity index (χ0) is 10.1. The number of aromatic nitrogens is 1. The smallest absolute Gasteiger partial charge is 0.0696 e. The van der Waals surface area contributed by atoms with E-state index < -0.39 is 0 Å². The van der Waals surface area contributed by atoms with Crippen LogP contribution < -0.4 is 5.73 Å². The maximum absolute atomic E-state index is 8.92. The molecule has 0 atom stereocenters. The van der Waals surface area contributed by atoms with Crippen LogP contribution in [0.2, 0.25) is 0 Å². The quantitative estimate of drug-likeness (QED) is 0.629. The van der Waals surface area contributed by atoms with E-state index in [0.717, 1.165) is 22.3 Å². The predicted molar refractivity (Wildman–Crippen MR) is 58.8 cm³/mol. The Bertz CT molecular complexity index is 485. The van der Waals surface area contributed by atoms with Crippen LogP contribution >= 0.6 is 0 Å². The average Bonchev–Trinajstić information content (AvgIpc) is 2.59. The molecule has 0 spiro atoms. The lowest BCUT2D eigenvalue weighted by Gasteiger charge is -1.95. The number of nitrogens with two attached hydrogens (primary N) is 1. The van der Waals surface area contributed by atoms with Gasteiger partial charge in [0.1, 0.15) is 0 Å². The van der Waals surface area contributed by atoms with Crippen LogP contribution in [0, 0.1) is 0 Å². The first-order valence-electron chi connectivity index (χ1n) is 4.38. The largest absolute Gasteiger partial charge is 0.399 e. The number of benzene rings is 1. The molecule has 0 amide bonds. The maximum Gasteiger partial charge on any atom is 0.0696 e. The Hall–Kier alpha value is -1.74. The molecule has 0 fully saturated rings. The summed E-state index contributed by atoms with van der Waals surface area (Å²) in [4.78, 5) is 3.16. The van der Waals surface area contributed by atoms with Gasteiger partial charge < -0.3 is 15.8 Å². The van der Waals surface area contributed by atoms with Crippen molar-refractivity contribution >= 4 is 22.2 Å². The van der Waals surface area contributed by atoms with Crippen molar-refractivity contribution < 1.29 is 5.11 Å². The molecule has 1 aromatic carbocycles. The first kappa shape index (κ1) is 8.84. The monoisotopic (exact) mass is 188 g/mol. The van der Waals surface area contributed by atoms with Gasteiger partial charge in [0.25, 0.3) is 0 Å². The summed E-state index contributed by atoms with van der Waals surface area (Å²) >= 11 is 0. The minimum atomic E-state index is -0.0394. The molecule has 0 aliphatic carbocycles. The van der Waals surface area contributed by atoms with E-state index in [1.807, 2.05) is 24.3 Å². The second-order valence-electron chi connectivity index (χ2n) is 3.29. The van der Waals surface area contributed by atoms with Gasteiger partial charge in [-0.05, 0) is 29.8 Å². The van der Waals surface area contributed by atoms with Crippen molar-refractivity contribution in [1.29, 1.82) is 0 Å². The molecule has 0 bridgehead atoms. The number of fused-ring (bicyclic) bond motifs is 1. The Balaban J connectivity index is 2.56. The number of nitrogens with one attached hydrogen (secondary N) is 1. The number of hydrogen-bond donors (Lipinski definition) is 3. The normalized spacial score (nSPS) is 10.6. The van der Waals surface area contributed by atoms with Crippen molar-refractivity contribution in [2.75, 3.05) is 12.3 Å². The van der Waals surface area contributed by atoms with Crippen molar-refractivity contribution in [3.05, 3.63) is 36.5 Å². The van der Waals surface area contributed by atoms with Crippen LogP contribution in [0.1, 0.15) is 5.69 Å². The predicted octanol–water partition coefficient (Wildman–Crippen LogP) is 1.76. The standard InChI is InChI=1S/C11H12N2O/c1-7(6-14)11-5-8-4-9(12)2-3-10(8)13-11/h2-5,13-14H,1,6,12H2. The molecule has 0 aliphatic heterocycles. The van der Waals surface area contributed by atoms with Gasteiger partial charge in [0, 0.05) is 22.3 Å². The molecule has 3 nitrogen and oxygen atoms in total. The fourth-order valence-corrected chi connectivity index (χ4v) is 1.43. The average molecular weight is 188 g/mol. The van der Waals surface area contributed by atoms with Gasteiger partial charge in [-0.25, -0.2) is 0 Å². The number of aromatic amines is 1. The molecule has 14 heavy (non-hydrogen) atoms. The van der Waals surface area contributed by atoms with E-state index >= 15 is 0 Å². The van der Waals surface area contributed by atoms with Gasteiger partial charge in [-0.2, -0.15) is 0 Å². The lowest BCUT2D eigenvalue weighted by molar-refractivity contribution is 0.350. The summed E-state index contributed by atoms with van der Waals surface area (Å²) < 4.78 is 0. The number of aliphatic hydroxyl groups excluding tert-OH is 1. The van der Waals surface area contributed by atoms with Crippen molar-refractivity contribution in [2.24, 2.45) is 0 Å². The fourth-order valence-electron chi connectivity index (χ4n) is 1.43. The van der Waals surface area contributed by atoms with Crippen LogP contribution in [0.4, 0.5) is 5.69 Å². The second kappa shape index (κ2) is 3.20. The minimum absolute atomic E-state index is 0.0394. The first-order chi connectivity index (χ1) is 6.70. The van der Waals surface area contributed by atoms with Crippen LogP contribution in [-0.4, -0.2) is 16.7 Å². The highest BCUT2D eigenvalue weighted by molar-refractivity contribution is 5.86. The van der Waals surface area contributed by atoms with E-state index in [1.165, 1.54) is 0 Å². The van der Waals surface area contributed by atoms with Gasteiger partial charge >= 0.3 is 0 Å². The number of aliphatic hydroxyl groups is 1. The molecule has 0 radical (unpaired) electrons. The van der Waals surface area contributed by atoms with Crippen LogP contribution in [0.3, 0.4) is 0 Å². The molecular weight excluding hydrogens is 176 g/mol. The Labute approximate surface area is 81.9 Å². The lowest BCUT2D eigenvalue weighted by atomic mass is 10.2. The van der Waals surface area contributed by atoms with Crippen molar-refractivity contribution in [3.63, 3.8) is 0 Å². The van der Waals surface area contributed by atoms with E-state index in [4.69, 9.17) is 10.8 Å². The van der Waals surface area contributed by atoms with Crippen LogP contribution in [0.15, 0.2) is 30.8 Å². The Morgan fingerprint density at radius 3 is 2.93 bits per heavy atom. The topological polar surface area (TPSA) is 62.0 Å². The van der Waals surface area contributed by atoms with Crippen molar-refractivity contribution in [2.45, 2.75) is 0 Å². The van der Waals surface area contributed by atoms with Crippen molar-refractivity contribution in [1.82, 2.24) is 4.98 Å². The summed E-state index contributed by atoms with van der Waals surface area (Å²) in [7, 11) is 0. The first-order valence-corrected chi connectivity index (χ1v) is 4.38. The highest BCUT2D eigenvalue weighted by Gasteiger charge is 2.02. The van der Waals surface area contributed by atoms with Gasteiger partial charge in [0.05, 0.1) is 6.61 Å². The number of H-pyrrole nitrogens is 1. The maximum atomic E-state index is 8.92. The van der Waals surface area contributed by atoms with Gasteiger partial charge in [-0.1, -0.05) is 6.58 Å². The van der Waals surface area contributed by atoms with E-state index in [1.54, 1.807) is 0 Å². The minimum Gasteiger partial charge on any atom is -0.399 e. The fraction of sp³-hybridized carbons (Fsp3) is 0.0909. The molecular formula is C11H12N2O. The number of anilines is 1. The van der Waals surface area contributed by atoms with Gasteiger partial charge in [-0.3, -0.25) is 0 Å². The third-order valence-electron chi connectivity index (χ3n) is 2.22. The molecule has 4 N–H and O–H groups in total. The molecule has 1 aromatic heterocycles. The number of nitrogen functional groups attached to an aromatic ring is 1. The summed E-state index contributed by atoms with van der Waals surface area (Å²) in [6.07, 6.45) is 0. The summed E-state index contributed by atoms with van der Waals surface area (Å²) in [5, 5.41) is 9.96. The number of hydrogen-bond acceptors (Lipinski definition) is 2. The third kappa shape index (κ3) is 1.38. The molecule has 2 aromatic rings. The van der Waals surface area contributed by atoms with Gasteiger partial charge in [-0.15, -0.1) is 0 Å². The van der Waals surface area contributed by atoms with E-state index in [2.05, 4.69) is 11.6 Å². The zero-order valence-corrected chi connectivity index (χ0v) is 7.75. The lowest BCUT2D eigenvalue weighted by Crippen LogP contribution is -1.87. The molecule has 72 valence electrons. The molecule has 1 heterocycles. The molecule has 0 unspecified atom stereocenters. The Kier molecular flexibility index (Phi) is 2.02. The van der Waals surface area contributed by atoms with E-state index in [0.29, 0.717) is 5.57 Å². The second-order valence-corrected chi connectivity index (χ2v) is 3.29. The van der Waals surface area contributed by atoms with Crippen molar-refractivity contribution in [3.8, 4) is 0 Å². The van der Waals surface area contributed by atoms with E-state index in [-0.39, 0.29) is 6.61 Å². The van der Waals surface area contributed by atoms with Gasteiger partial charge in [0.2, 0.25) is 0 Å². The SMILES string of the molecule is C=C(CO)c1cc2cc(N)ccc2[nH]1.